The number of benzene rings is 2. The summed E-state index contributed by atoms with van der Waals surface area (Å²) in [5, 5.41) is 15.2. The van der Waals surface area contributed by atoms with Crippen LogP contribution in [0, 0.1) is 0 Å². The second kappa shape index (κ2) is 7.68. The molecule has 0 fully saturated rings. The highest BCUT2D eigenvalue weighted by molar-refractivity contribution is 6.02. The van der Waals surface area contributed by atoms with Crippen LogP contribution >= 0.6 is 0 Å². The average Bonchev–Trinajstić information content (AvgIpc) is 2.59. The van der Waals surface area contributed by atoms with Crippen LogP contribution in [-0.4, -0.2) is 28.8 Å². The van der Waals surface area contributed by atoms with Crippen molar-refractivity contribution in [1.29, 1.82) is 0 Å². The van der Waals surface area contributed by atoms with E-state index in [4.69, 9.17) is 0 Å². The van der Waals surface area contributed by atoms with E-state index in [2.05, 4.69) is 10.5 Å². The molecule has 0 atom stereocenters. The second-order valence-corrected chi connectivity index (χ2v) is 5.18. The summed E-state index contributed by atoms with van der Waals surface area (Å²) in [6.07, 6.45) is -4.97. The van der Waals surface area contributed by atoms with E-state index in [1.54, 1.807) is 24.4 Å². The van der Waals surface area contributed by atoms with Gasteiger partial charge in [0.05, 0.1) is 11.3 Å². The fraction of sp³-hybridized carbons (Fsp3) is 0.118. The molecule has 0 aromatic heterocycles. The zero-order valence-electron chi connectivity index (χ0n) is 13.5. The van der Waals surface area contributed by atoms with Crippen molar-refractivity contribution >= 4 is 23.2 Å². The largest absolute Gasteiger partial charge is 0.507 e. The molecule has 0 aliphatic carbocycles. The van der Waals surface area contributed by atoms with Crippen LogP contribution in [0.4, 0.5) is 18.9 Å². The summed E-state index contributed by atoms with van der Waals surface area (Å²) in [7, 11) is 0. The van der Waals surface area contributed by atoms with Crippen molar-refractivity contribution in [3.8, 4) is 5.75 Å². The van der Waals surface area contributed by atoms with Crippen LogP contribution in [0.1, 0.15) is 22.8 Å². The number of hydrazone groups is 1. The number of aromatic hydroxyl groups is 1. The van der Waals surface area contributed by atoms with Gasteiger partial charge in [0, 0.05) is 5.69 Å². The van der Waals surface area contributed by atoms with Gasteiger partial charge in [-0.05, 0) is 36.8 Å². The zero-order valence-corrected chi connectivity index (χ0v) is 13.5. The van der Waals surface area contributed by atoms with E-state index in [1.165, 1.54) is 36.4 Å². The highest BCUT2D eigenvalue weighted by atomic mass is 19.4. The van der Waals surface area contributed by atoms with Crippen molar-refractivity contribution in [2.75, 3.05) is 5.32 Å². The van der Waals surface area contributed by atoms with Gasteiger partial charge in [0.1, 0.15) is 5.75 Å². The predicted octanol–water partition coefficient (Wildman–Crippen LogP) is 3.05. The molecule has 0 aliphatic heterocycles. The number of carbonyl (C=O) groups excluding carboxylic acids is 2. The molecule has 2 amide bonds. The number of halogens is 3. The Hall–Kier alpha value is -3.36. The SMILES string of the molecule is C/C(=N/NC(=O)c1ccccc1O)c1ccc(NC(=O)C(F)(F)F)cc1. The third-order valence-electron chi connectivity index (χ3n) is 3.29. The number of nitrogens with one attached hydrogen (secondary N) is 2. The number of hydrogen-bond donors (Lipinski definition) is 3. The minimum atomic E-state index is -4.97. The molecule has 0 heterocycles. The fourth-order valence-corrected chi connectivity index (χ4v) is 1.92. The summed E-state index contributed by atoms with van der Waals surface area (Å²) in [5.74, 6) is -2.87. The number of carbonyl (C=O) groups is 2. The number of phenolic OH excluding ortho intramolecular Hbond substituents is 1. The molecular formula is C17H14F3N3O3. The molecule has 6 nitrogen and oxygen atoms in total. The van der Waals surface area contributed by atoms with Gasteiger partial charge in [0.25, 0.3) is 5.91 Å². The minimum Gasteiger partial charge on any atom is -0.507 e. The maximum Gasteiger partial charge on any atom is 0.471 e. The van der Waals surface area contributed by atoms with Gasteiger partial charge in [-0.2, -0.15) is 18.3 Å². The fourth-order valence-electron chi connectivity index (χ4n) is 1.92. The van der Waals surface area contributed by atoms with Crippen LogP contribution in [0.5, 0.6) is 5.75 Å². The molecule has 2 aromatic carbocycles. The van der Waals surface area contributed by atoms with Crippen molar-refractivity contribution in [1.82, 2.24) is 5.43 Å². The van der Waals surface area contributed by atoms with Crippen LogP contribution in [-0.2, 0) is 4.79 Å². The third-order valence-corrected chi connectivity index (χ3v) is 3.29. The van der Waals surface area contributed by atoms with Crippen LogP contribution < -0.4 is 10.7 Å². The number of hydrogen-bond acceptors (Lipinski definition) is 4. The summed E-state index contributed by atoms with van der Waals surface area (Å²) in [6, 6.07) is 11.4. The Bertz CT molecular complexity index is 846. The Balaban J connectivity index is 2.04. The molecule has 0 spiro atoms. The molecule has 26 heavy (non-hydrogen) atoms. The molecule has 3 N–H and O–H groups in total. The van der Waals surface area contributed by atoms with Gasteiger partial charge in [0.15, 0.2) is 0 Å². The summed E-state index contributed by atoms with van der Waals surface area (Å²) in [5.41, 5.74) is 3.20. The van der Waals surface area contributed by atoms with Crippen molar-refractivity contribution in [3.05, 3.63) is 59.7 Å². The van der Waals surface area contributed by atoms with E-state index in [-0.39, 0.29) is 17.0 Å². The van der Waals surface area contributed by atoms with E-state index in [9.17, 15) is 27.9 Å². The molecule has 0 aliphatic rings. The Morgan fingerprint density at radius 1 is 1.04 bits per heavy atom. The number of alkyl halides is 3. The van der Waals surface area contributed by atoms with Gasteiger partial charge in [0.2, 0.25) is 0 Å². The molecule has 0 saturated carbocycles. The molecule has 0 saturated heterocycles. The number of anilines is 1. The predicted molar refractivity (Wildman–Crippen MR) is 88.9 cm³/mol. The van der Waals surface area contributed by atoms with E-state index in [0.29, 0.717) is 11.3 Å². The Morgan fingerprint density at radius 2 is 1.65 bits per heavy atom. The summed E-state index contributed by atoms with van der Waals surface area (Å²) < 4.78 is 36.6. The monoisotopic (exact) mass is 365 g/mol. The van der Waals surface area contributed by atoms with Gasteiger partial charge in [-0.1, -0.05) is 24.3 Å². The normalized spacial score (nSPS) is 11.8. The van der Waals surface area contributed by atoms with E-state index in [0.717, 1.165) is 0 Å². The molecule has 136 valence electrons. The number of amides is 2. The molecule has 2 aromatic rings. The van der Waals surface area contributed by atoms with Crippen LogP contribution in [0.25, 0.3) is 0 Å². The number of para-hydroxylation sites is 1. The lowest BCUT2D eigenvalue weighted by molar-refractivity contribution is -0.167. The first-order chi connectivity index (χ1) is 12.2. The second-order valence-electron chi connectivity index (χ2n) is 5.18. The first-order valence-electron chi connectivity index (χ1n) is 7.29. The number of rotatable bonds is 4. The zero-order chi connectivity index (χ0) is 19.3. The van der Waals surface area contributed by atoms with Crippen molar-refractivity contribution < 1.29 is 27.9 Å². The molecule has 0 bridgehead atoms. The van der Waals surface area contributed by atoms with Crippen molar-refractivity contribution in [2.45, 2.75) is 13.1 Å². The van der Waals surface area contributed by atoms with Gasteiger partial charge in [-0.25, -0.2) is 5.43 Å². The quantitative estimate of drug-likeness (QED) is 0.575. The first kappa shape index (κ1) is 19.0. The highest BCUT2D eigenvalue weighted by Gasteiger charge is 2.38. The average molecular weight is 365 g/mol. The van der Waals surface area contributed by atoms with Gasteiger partial charge in [-0.15, -0.1) is 0 Å². The standard InChI is InChI=1S/C17H14F3N3O3/c1-10(22-23-15(25)13-4-2-3-5-14(13)24)11-6-8-12(9-7-11)21-16(26)17(18,19)20/h2-9,24H,1H3,(H,21,26)(H,23,25)/b22-10-. The third kappa shape index (κ3) is 4.82. The van der Waals surface area contributed by atoms with Gasteiger partial charge >= 0.3 is 12.1 Å². The van der Waals surface area contributed by atoms with E-state index >= 15 is 0 Å². The lowest BCUT2D eigenvalue weighted by Gasteiger charge is -2.09. The summed E-state index contributed by atoms with van der Waals surface area (Å²) >= 11 is 0. The number of phenols is 1. The molecular weight excluding hydrogens is 351 g/mol. The molecule has 2 rings (SSSR count). The van der Waals surface area contributed by atoms with Gasteiger partial charge in [-0.3, -0.25) is 9.59 Å². The minimum absolute atomic E-state index is 0.0258. The molecule has 0 unspecified atom stereocenters. The van der Waals surface area contributed by atoms with Crippen LogP contribution in [0.15, 0.2) is 53.6 Å². The maximum atomic E-state index is 12.2. The smallest absolute Gasteiger partial charge is 0.471 e. The molecule has 9 heteroatoms. The Labute approximate surface area is 146 Å². The molecule has 0 radical (unpaired) electrons. The van der Waals surface area contributed by atoms with E-state index in [1.807, 2.05) is 0 Å². The maximum absolute atomic E-state index is 12.2. The lowest BCUT2D eigenvalue weighted by Crippen LogP contribution is -2.29. The number of nitrogens with zero attached hydrogens (tertiary/aromatic N) is 1. The van der Waals surface area contributed by atoms with Crippen molar-refractivity contribution in [2.24, 2.45) is 5.10 Å². The lowest BCUT2D eigenvalue weighted by atomic mass is 10.1. The first-order valence-corrected chi connectivity index (χ1v) is 7.29. The van der Waals surface area contributed by atoms with E-state index < -0.39 is 18.0 Å². The summed E-state index contributed by atoms with van der Waals surface area (Å²) in [6.45, 7) is 1.58. The summed E-state index contributed by atoms with van der Waals surface area (Å²) in [4.78, 5) is 22.8. The van der Waals surface area contributed by atoms with Gasteiger partial charge < -0.3 is 10.4 Å². The highest BCUT2D eigenvalue weighted by Crippen LogP contribution is 2.19. The Morgan fingerprint density at radius 3 is 2.23 bits per heavy atom. The van der Waals surface area contributed by atoms with Crippen LogP contribution in [0.2, 0.25) is 0 Å². The Kier molecular flexibility index (Phi) is 5.61. The van der Waals surface area contributed by atoms with Crippen LogP contribution in [0.3, 0.4) is 0 Å². The topological polar surface area (TPSA) is 90.8 Å². The van der Waals surface area contributed by atoms with Crippen molar-refractivity contribution in [3.63, 3.8) is 0 Å².